The number of methoxy groups -OCH3 is 2. The van der Waals surface area contributed by atoms with Crippen LogP contribution in [0.1, 0.15) is 30.8 Å². The largest absolute Gasteiger partial charge is 0.496 e. The van der Waals surface area contributed by atoms with Gasteiger partial charge in [0.1, 0.15) is 17.5 Å². The average Bonchev–Trinajstić information content (AvgIpc) is 3.23. The topological polar surface area (TPSA) is 103 Å². The monoisotopic (exact) mass is 471 g/mol. The van der Waals surface area contributed by atoms with Crippen molar-refractivity contribution < 1.29 is 24.2 Å². The zero-order valence-electron chi connectivity index (χ0n) is 18.8. The first kappa shape index (κ1) is 24.1. The Hall–Kier alpha value is -3.52. The SMILES string of the molecule is COc1cccc(OC)c1-c1cc(C(=O)N[C@@H](CC(C)C)C(=O)O)nn1-c1ccc(Cl)cc1. The summed E-state index contributed by atoms with van der Waals surface area (Å²) >= 11 is 6.05. The molecule has 1 atom stereocenters. The number of aliphatic carboxylic acids is 1. The van der Waals surface area contributed by atoms with Crippen molar-refractivity contribution in [3.05, 3.63) is 59.2 Å². The highest BCUT2D eigenvalue weighted by atomic mass is 35.5. The number of halogens is 1. The fraction of sp³-hybridized carbons (Fsp3) is 0.292. The molecule has 174 valence electrons. The third-order valence-corrected chi connectivity index (χ3v) is 5.26. The second kappa shape index (κ2) is 10.4. The number of hydrogen-bond donors (Lipinski definition) is 2. The Morgan fingerprint density at radius 3 is 2.21 bits per heavy atom. The predicted octanol–water partition coefficient (Wildman–Crippen LogP) is 4.44. The van der Waals surface area contributed by atoms with E-state index in [1.54, 1.807) is 53.2 Å². The molecule has 2 N–H and O–H groups in total. The van der Waals surface area contributed by atoms with Crippen LogP contribution < -0.4 is 14.8 Å². The number of ether oxygens (including phenoxy) is 2. The summed E-state index contributed by atoms with van der Waals surface area (Å²) in [5, 5.41) is 17.1. The van der Waals surface area contributed by atoms with Gasteiger partial charge in [-0.25, -0.2) is 9.48 Å². The summed E-state index contributed by atoms with van der Waals surface area (Å²) in [5.74, 6) is -0.544. The van der Waals surface area contributed by atoms with E-state index in [1.807, 2.05) is 13.8 Å². The summed E-state index contributed by atoms with van der Waals surface area (Å²) < 4.78 is 12.7. The molecule has 0 spiro atoms. The van der Waals surface area contributed by atoms with E-state index in [4.69, 9.17) is 21.1 Å². The molecule has 0 saturated heterocycles. The van der Waals surface area contributed by atoms with Gasteiger partial charge in [0.2, 0.25) is 0 Å². The number of carboxylic acids is 1. The van der Waals surface area contributed by atoms with Crippen LogP contribution in [0, 0.1) is 5.92 Å². The van der Waals surface area contributed by atoms with Crippen LogP contribution in [0.2, 0.25) is 5.02 Å². The number of amides is 1. The molecule has 0 unspecified atom stereocenters. The normalized spacial score (nSPS) is 11.8. The van der Waals surface area contributed by atoms with E-state index >= 15 is 0 Å². The highest BCUT2D eigenvalue weighted by Gasteiger charge is 2.26. The van der Waals surface area contributed by atoms with Gasteiger partial charge in [-0.2, -0.15) is 5.10 Å². The number of nitrogens with zero attached hydrogens (tertiary/aromatic N) is 2. The van der Waals surface area contributed by atoms with Crippen molar-refractivity contribution in [3.63, 3.8) is 0 Å². The number of aromatic nitrogens is 2. The van der Waals surface area contributed by atoms with Gasteiger partial charge in [0, 0.05) is 5.02 Å². The molecule has 0 aliphatic carbocycles. The molecule has 3 rings (SSSR count). The third-order valence-electron chi connectivity index (χ3n) is 5.01. The van der Waals surface area contributed by atoms with E-state index in [-0.39, 0.29) is 11.6 Å². The standard InChI is InChI=1S/C24H26ClN3O5/c1-14(2)12-18(24(30)31)26-23(29)17-13-19(22-20(32-3)6-5-7-21(22)33-4)28(27-17)16-10-8-15(25)9-11-16/h5-11,13-14,18H,12H2,1-4H3,(H,26,29)(H,30,31)/t18-/m0/s1. The van der Waals surface area contributed by atoms with Crippen molar-refractivity contribution in [2.45, 2.75) is 26.3 Å². The maximum atomic E-state index is 13.0. The van der Waals surface area contributed by atoms with E-state index in [2.05, 4.69) is 10.4 Å². The Balaban J connectivity index is 2.13. The molecule has 8 nitrogen and oxygen atoms in total. The first-order valence-electron chi connectivity index (χ1n) is 10.4. The Morgan fingerprint density at radius 2 is 1.70 bits per heavy atom. The van der Waals surface area contributed by atoms with E-state index < -0.39 is 17.9 Å². The molecular weight excluding hydrogens is 446 g/mol. The van der Waals surface area contributed by atoms with Crippen LogP contribution in [0.25, 0.3) is 16.9 Å². The Kier molecular flexibility index (Phi) is 7.60. The number of hydrogen-bond acceptors (Lipinski definition) is 5. The van der Waals surface area contributed by atoms with Gasteiger partial charge < -0.3 is 19.9 Å². The molecule has 33 heavy (non-hydrogen) atoms. The summed E-state index contributed by atoms with van der Waals surface area (Å²) in [4.78, 5) is 24.6. The second-order valence-corrected chi connectivity index (χ2v) is 8.27. The van der Waals surface area contributed by atoms with Crippen molar-refractivity contribution in [2.75, 3.05) is 14.2 Å². The molecular formula is C24H26ClN3O5. The van der Waals surface area contributed by atoms with Crippen LogP contribution in [0.4, 0.5) is 0 Å². The quantitative estimate of drug-likeness (QED) is 0.478. The first-order valence-corrected chi connectivity index (χ1v) is 10.7. The van der Waals surface area contributed by atoms with Crippen molar-refractivity contribution in [1.82, 2.24) is 15.1 Å². The van der Waals surface area contributed by atoms with Gasteiger partial charge in [0.25, 0.3) is 5.91 Å². The lowest BCUT2D eigenvalue weighted by atomic mass is 10.0. The second-order valence-electron chi connectivity index (χ2n) is 7.83. The lowest BCUT2D eigenvalue weighted by Crippen LogP contribution is -2.41. The van der Waals surface area contributed by atoms with Gasteiger partial charge in [-0.3, -0.25) is 4.79 Å². The molecule has 1 amide bonds. The van der Waals surface area contributed by atoms with E-state index in [0.717, 1.165) is 0 Å². The fourth-order valence-corrected chi connectivity index (χ4v) is 3.60. The summed E-state index contributed by atoms with van der Waals surface area (Å²) in [7, 11) is 3.08. The lowest BCUT2D eigenvalue weighted by molar-refractivity contribution is -0.139. The van der Waals surface area contributed by atoms with Gasteiger partial charge in [-0.1, -0.05) is 31.5 Å². The van der Waals surface area contributed by atoms with Gasteiger partial charge in [-0.05, 0) is 54.8 Å². The number of benzene rings is 2. The van der Waals surface area contributed by atoms with Crippen LogP contribution in [0.3, 0.4) is 0 Å². The fourth-order valence-electron chi connectivity index (χ4n) is 3.48. The molecule has 0 radical (unpaired) electrons. The number of nitrogens with one attached hydrogen (secondary N) is 1. The van der Waals surface area contributed by atoms with Crippen molar-refractivity contribution in [3.8, 4) is 28.4 Å². The third kappa shape index (κ3) is 5.46. The van der Waals surface area contributed by atoms with Gasteiger partial charge in [0.15, 0.2) is 5.69 Å². The zero-order valence-corrected chi connectivity index (χ0v) is 19.6. The molecule has 1 heterocycles. The van der Waals surface area contributed by atoms with Gasteiger partial charge in [-0.15, -0.1) is 0 Å². The Bertz CT molecular complexity index is 1120. The Labute approximate surface area is 197 Å². The molecule has 0 fully saturated rings. The molecule has 9 heteroatoms. The molecule has 0 saturated carbocycles. The zero-order chi connectivity index (χ0) is 24.1. The number of carbonyl (C=O) groups is 2. The highest BCUT2D eigenvalue weighted by molar-refractivity contribution is 6.30. The summed E-state index contributed by atoms with van der Waals surface area (Å²) in [6.07, 6.45) is 0.298. The average molecular weight is 472 g/mol. The van der Waals surface area contributed by atoms with Gasteiger partial charge in [0.05, 0.1) is 31.2 Å². The maximum absolute atomic E-state index is 13.0. The summed E-state index contributed by atoms with van der Waals surface area (Å²) in [6, 6.07) is 12.9. The maximum Gasteiger partial charge on any atom is 0.326 e. The van der Waals surface area contributed by atoms with E-state index in [9.17, 15) is 14.7 Å². The van der Waals surface area contributed by atoms with Crippen LogP contribution >= 0.6 is 11.6 Å². The minimum Gasteiger partial charge on any atom is -0.496 e. The minimum atomic E-state index is -1.10. The van der Waals surface area contributed by atoms with E-state index in [0.29, 0.717) is 39.9 Å². The minimum absolute atomic E-state index is 0.0583. The van der Waals surface area contributed by atoms with E-state index in [1.165, 1.54) is 14.2 Å². The molecule has 1 aromatic heterocycles. The number of carboxylic acid groups (broad SMARTS) is 1. The number of carbonyl (C=O) groups excluding carboxylic acids is 1. The van der Waals surface area contributed by atoms with Gasteiger partial charge >= 0.3 is 5.97 Å². The smallest absolute Gasteiger partial charge is 0.326 e. The Morgan fingerprint density at radius 1 is 1.09 bits per heavy atom. The van der Waals surface area contributed by atoms with Crippen LogP contribution in [0.15, 0.2) is 48.5 Å². The predicted molar refractivity (Wildman–Crippen MR) is 125 cm³/mol. The van der Waals surface area contributed by atoms with Crippen LogP contribution in [0.5, 0.6) is 11.5 Å². The van der Waals surface area contributed by atoms with Crippen molar-refractivity contribution in [1.29, 1.82) is 0 Å². The molecule has 0 aliphatic heterocycles. The van der Waals surface area contributed by atoms with Crippen molar-refractivity contribution >= 4 is 23.5 Å². The molecule has 3 aromatic rings. The first-order chi connectivity index (χ1) is 15.7. The lowest BCUT2D eigenvalue weighted by Gasteiger charge is -2.15. The van der Waals surface area contributed by atoms with Crippen molar-refractivity contribution in [2.24, 2.45) is 5.92 Å². The summed E-state index contributed by atoms with van der Waals surface area (Å²) in [6.45, 7) is 3.78. The summed E-state index contributed by atoms with van der Waals surface area (Å²) in [5.41, 5.74) is 1.84. The van der Waals surface area contributed by atoms with Crippen LogP contribution in [-0.2, 0) is 4.79 Å². The number of rotatable bonds is 9. The van der Waals surface area contributed by atoms with Crippen LogP contribution in [-0.4, -0.2) is 47.0 Å². The molecule has 2 aromatic carbocycles. The molecule has 0 aliphatic rings. The molecule has 0 bridgehead atoms. The highest BCUT2D eigenvalue weighted by Crippen LogP contribution is 2.39.